The largest absolute Gasteiger partial charge is 0.465 e. The Morgan fingerprint density at radius 1 is 0.871 bits per heavy atom. The first-order valence-corrected chi connectivity index (χ1v) is 10.8. The fourth-order valence-electron chi connectivity index (χ4n) is 3.69. The highest BCUT2D eigenvalue weighted by molar-refractivity contribution is 5.89. The van der Waals surface area contributed by atoms with Crippen molar-refractivity contribution in [3.05, 3.63) is 70.8 Å². The lowest BCUT2D eigenvalue weighted by atomic mass is 10.1. The first-order valence-electron chi connectivity index (χ1n) is 10.8. The molecule has 2 aromatic carbocycles. The summed E-state index contributed by atoms with van der Waals surface area (Å²) in [4.78, 5) is 28.7. The van der Waals surface area contributed by atoms with Crippen LogP contribution < -0.4 is 10.6 Å². The minimum absolute atomic E-state index is 0.219. The molecule has 3 rings (SSSR count). The third-order valence-corrected chi connectivity index (χ3v) is 5.69. The van der Waals surface area contributed by atoms with Crippen LogP contribution in [0, 0.1) is 0 Å². The monoisotopic (exact) mass is 424 g/mol. The van der Waals surface area contributed by atoms with Gasteiger partial charge in [0.1, 0.15) is 0 Å². The molecule has 7 nitrogen and oxygen atoms in total. The fraction of sp³-hybridized carbons (Fsp3) is 0.417. The van der Waals surface area contributed by atoms with Gasteiger partial charge in [0.2, 0.25) is 0 Å². The van der Waals surface area contributed by atoms with Gasteiger partial charge in [-0.15, -0.1) is 0 Å². The maximum atomic E-state index is 12.3. The number of likely N-dealkylation sites (N-methyl/N-ethyl adjacent to an activating group) is 1. The number of nitrogens with zero attached hydrogens (tertiary/aromatic N) is 2. The van der Waals surface area contributed by atoms with Crippen LogP contribution in [0.1, 0.15) is 34.0 Å². The summed E-state index contributed by atoms with van der Waals surface area (Å²) in [6.07, 6.45) is 0. The molecule has 1 aliphatic heterocycles. The van der Waals surface area contributed by atoms with Crippen LogP contribution in [0.15, 0.2) is 48.5 Å². The van der Waals surface area contributed by atoms with E-state index in [0.29, 0.717) is 18.7 Å². The molecule has 31 heavy (non-hydrogen) atoms. The molecule has 2 amide bonds. The summed E-state index contributed by atoms with van der Waals surface area (Å²) in [5.41, 5.74) is 3.79. The standard InChI is InChI=1S/C24H32N4O3/c1-3-27-12-14-28(15-13-27)18-22-7-5-4-6-21(22)17-26-24(30)25-16-19-8-10-20(11-9-19)23(29)31-2/h4-11H,3,12-18H2,1-2H3,(H2,25,26,30). The molecule has 7 heteroatoms. The molecule has 2 aromatic rings. The third-order valence-electron chi connectivity index (χ3n) is 5.69. The zero-order valence-corrected chi connectivity index (χ0v) is 18.4. The van der Waals surface area contributed by atoms with Crippen molar-refractivity contribution in [2.75, 3.05) is 39.8 Å². The van der Waals surface area contributed by atoms with Crippen LogP contribution in [0.4, 0.5) is 4.79 Å². The number of ether oxygens (including phenoxy) is 1. The number of esters is 1. The van der Waals surface area contributed by atoms with E-state index in [0.717, 1.165) is 50.4 Å². The Balaban J connectivity index is 1.46. The van der Waals surface area contributed by atoms with Crippen molar-refractivity contribution in [1.82, 2.24) is 20.4 Å². The number of urea groups is 1. The van der Waals surface area contributed by atoms with E-state index >= 15 is 0 Å². The molecule has 0 spiro atoms. The van der Waals surface area contributed by atoms with Gasteiger partial charge in [-0.25, -0.2) is 9.59 Å². The van der Waals surface area contributed by atoms with Crippen molar-refractivity contribution in [3.8, 4) is 0 Å². The molecule has 1 heterocycles. The first kappa shape index (κ1) is 22.8. The molecule has 1 saturated heterocycles. The number of carbonyl (C=O) groups excluding carboxylic acids is 2. The smallest absolute Gasteiger partial charge is 0.337 e. The van der Waals surface area contributed by atoms with Crippen molar-refractivity contribution in [3.63, 3.8) is 0 Å². The summed E-state index contributed by atoms with van der Waals surface area (Å²) in [7, 11) is 1.35. The van der Waals surface area contributed by atoms with E-state index in [1.54, 1.807) is 24.3 Å². The van der Waals surface area contributed by atoms with Crippen LogP contribution in [0.2, 0.25) is 0 Å². The Morgan fingerprint density at radius 3 is 2.13 bits per heavy atom. The summed E-state index contributed by atoms with van der Waals surface area (Å²) in [6, 6.07) is 15.1. The second-order valence-corrected chi connectivity index (χ2v) is 7.70. The van der Waals surface area contributed by atoms with Gasteiger partial charge in [-0.2, -0.15) is 0 Å². The van der Waals surface area contributed by atoms with Gasteiger partial charge in [-0.3, -0.25) is 4.90 Å². The van der Waals surface area contributed by atoms with E-state index < -0.39 is 0 Å². The Kier molecular flexibility index (Phi) is 8.44. The summed E-state index contributed by atoms with van der Waals surface area (Å²) in [5, 5.41) is 5.81. The van der Waals surface area contributed by atoms with Gasteiger partial charge in [-0.05, 0) is 35.4 Å². The Bertz CT molecular complexity index is 861. The minimum atomic E-state index is -0.372. The third kappa shape index (κ3) is 6.80. The SMILES string of the molecule is CCN1CCN(Cc2ccccc2CNC(=O)NCc2ccc(C(=O)OC)cc2)CC1. The fourth-order valence-corrected chi connectivity index (χ4v) is 3.69. The van der Waals surface area contributed by atoms with Crippen LogP contribution >= 0.6 is 0 Å². The summed E-state index contributed by atoms with van der Waals surface area (Å²) >= 11 is 0. The molecule has 166 valence electrons. The molecule has 0 unspecified atom stereocenters. The van der Waals surface area contributed by atoms with E-state index in [-0.39, 0.29) is 12.0 Å². The highest BCUT2D eigenvalue weighted by Gasteiger charge is 2.16. The lowest BCUT2D eigenvalue weighted by Crippen LogP contribution is -2.45. The van der Waals surface area contributed by atoms with Crippen molar-refractivity contribution >= 4 is 12.0 Å². The molecule has 0 bridgehead atoms. The molecule has 1 aliphatic rings. The van der Waals surface area contributed by atoms with E-state index in [1.165, 1.54) is 12.7 Å². The first-order chi connectivity index (χ1) is 15.1. The molecule has 0 atom stereocenters. The summed E-state index contributed by atoms with van der Waals surface area (Å²) < 4.78 is 4.69. The number of benzene rings is 2. The zero-order valence-electron chi connectivity index (χ0n) is 18.4. The number of hydrogen-bond acceptors (Lipinski definition) is 5. The van der Waals surface area contributed by atoms with Gasteiger partial charge in [-0.1, -0.05) is 43.3 Å². The molecular formula is C24H32N4O3. The summed E-state index contributed by atoms with van der Waals surface area (Å²) in [6.45, 7) is 9.46. The maximum Gasteiger partial charge on any atom is 0.337 e. The molecule has 0 saturated carbocycles. The van der Waals surface area contributed by atoms with Gasteiger partial charge < -0.3 is 20.3 Å². The molecule has 1 fully saturated rings. The number of piperazine rings is 1. The van der Waals surface area contributed by atoms with Gasteiger partial charge in [0, 0.05) is 45.8 Å². The quantitative estimate of drug-likeness (QED) is 0.638. The lowest BCUT2D eigenvalue weighted by Gasteiger charge is -2.34. The summed E-state index contributed by atoms with van der Waals surface area (Å²) in [5.74, 6) is -0.372. The number of hydrogen-bond donors (Lipinski definition) is 2. The average molecular weight is 425 g/mol. The number of amides is 2. The van der Waals surface area contributed by atoms with Crippen LogP contribution in [0.3, 0.4) is 0 Å². The zero-order chi connectivity index (χ0) is 22.1. The Labute approximate surface area is 184 Å². The predicted molar refractivity (Wildman–Crippen MR) is 121 cm³/mol. The van der Waals surface area contributed by atoms with Gasteiger partial charge in [0.25, 0.3) is 0 Å². The van der Waals surface area contributed by atoms with Crippen LogP contribution in [-0.4, -0.2) is 61.6 Å². The average Bonchev–Trinajstić information content (AvgIpc) is 2.82. The van der Waals surface area contributed by atoms with Crippen LogP contribution in [0.25, 0.3) is 0 Å². The predicted octanol–water partition coefficient (Wildman–Crippen LogP) is 2.61. The van der Waals surface area contributed by atoms with Crippen molar-refractivity contribution < 1.29 is 14.3 Å². The molecule has 0 aliphatic carbocycles. The normalized spacial score (nSPS) is 14.8. The van der Waals surface area contributed by atoms with E-state index in [1.807, 2.05) is 6.07 Å². The topological polar surface area (TPSA) is 73.9 Å². The Morgan fingerprint density at radius 2 is 1.48 bits per heavy atom. The minimum Gasteiger partial charge on any atom is -0.465 e. The van der Waals surface area contributed by atoms with Gasteiger partial charge in [0.15, 0.2) is 0 Å². The number of carbonyl (C=O) groups is 2. The lowest BCUT2D eigenvalue weighted by molar-refractivity contribution is 0.0600. The molecule has 0 aromatic heterocycles. The number of rotatable bonds is 8. The molecule has 2 N–H and O–H groups in total. The van der Waals surface area contributed by atoms with E-state index in [4.69, 9.17) is 4.74 Å². The van der Waals surface area contributed by atoms with Gasteiger partial charge >= 0.3 is 12.0 Å². The second-order valence-electron chi connectivity index (χ2n) is 7.70. The van der Waals surface area contributed by atoms with Gasteiger partial charge in [0.05, 0.1) is 12.7 Å². The highest BCUT2D eigenvalue weighted by atomic mass is 16.5. The van der Waals surface area contributed by atoms with E-state index in [2.05, 4.69) is 45.6 Å². The molecular weight excluding hydrogens is 392 g/mol. The highest BCUT2D eigenvalue weighted by Crippen LogP contribution is 2.13. The van der Waals surface area contributed by atoms with Crippen molar-refractivity contribution in [2.24, 2.45) is 0 Å². The number of methoxy groups -OCH3 is 1. The Hall–Kier alpha value is -2.90. The maximum absolute atomic E-state index is 12.3. The second kappa shape index (κ2) is 11.5. The molecule has 0 radical (unpaired) electrons. The van der Waals surface area contributed by atoms with Crippen molar-refractivity contribution in [2.45, 2.75) is 26.6 Å². The van der Waals surface area contributed by atoms with Crippen molar-refractivity contribution in [1.29, 1.82) is 0 Å². The number of nitrogens with one attached hydrogen (secondary N) is 2. The van der Waals surface area contributed by atoms with Crippen LogP contribution in [-0.2, 0) is 24.4 Å². The van der Waals surface area contributed by atoms with Crippen LogP contribution in [0.5, 0.6) is 0 Å². The van der Waals surface area contributed by atoms with E-state index in [9.17, 15) is 9.59 Å².